The van der Waals surface area contributed by atoms with Crippen molar-refractivity contribution < 1.29 is 0 Å². The summed E-state index contributed by atoms with van der Waals surface area (Å²) in [5, 5.41) is 3.74. The highest BCUT2D eigenvalue weighted by atomic mass is 15.1. The Bertz CT molecular complexity index is 478. The minimum atomic E-state index is 0.0426. The van der Waals surface area contributed by atoms with E-state index in [1.165, 1.54) is 43.4 Å². The Morgan fingerprint density at radius 1 is 1.19 bits per heavy atom. The molecule has 0 spiro atoms. The summed E-state index contributed by atoms with van der Waals surface area (Å²) in [7, 11) is 0. The molecule has 3 rings (SSSR count). The standard InChI is InChI=1S/C17H28N4/c1-13-7-9-17(11-18,10-8-13)21-16-14-5-3-2-4-6-15(14)19-12-20-16/h12-13H,2-11,18H2,1H3,(H,19,20,21). The average Bonchev–Trinajstić information content (AvgIpc) is 2.76. The Kier molecular flexibility index (Phi) is 4.43. The van der Waals surface area contributed by atoms with E-state index in [9.17, 15) is 0 Å². The molecule has 3 N–H and O–H groups in total. The molecular weight excluding hydrogens is 260 g/mol. The Morgan fingerprint density at radius 3 is 2.71 bits per heavy atom. The van der Waals surface area contributed by atoms with Crippen molar-refractivity contribution in [3.8, 4) is 0 Å². The molecule has 0 aliphatic heterocycles. The van der Waals surface area contributed by atoms with Crippen LogP contribution in [0.25, 0.3) is 0 Å². The highest BCUT2D eigenvalue weighted by Gasteiger charge is 2.34. The van der Waals surface area contributed by atoms with E-state index >= 15 is 0 Å². The zero-order valence-electron chi connectivity index (χ0n) is 13.2. The van der Waals surface area contributed by atoms with E-state index in [4.69, 9.17) is 5.73 Å². The molecule has 0 saturated heterocycles. The first kappa shape index (κ1) is 14.8. The number of hydrogen-bond donors (Lipinski definition) is 2. The molecule has 0 amide bonds. The molecule has 4 nitrogen and oxygen atoms in total. The minimum Gasteiger partial charge on any atom is -0.363 e. The quantitative estimate of drug-likeness (QED) is 0.839. The second-order valence-corrected chi connectivity index (χ2v) is 7.00. The number of nitrogens with two attached hydrogens (primary N) is 1. The molecule has 1 saturated carbocycles. The first-order chi connectivity index (χ1) is 10.2. The molecule has 21 heavy (non-hydrogen) atoms. The van der Waals surface area contributed by atoms with Crippen molar-refractivity contribution in [2.75, 3.05) is 11.9 Å². The average molecular weight is 288 g/mol. The van der Waals surface area contributed by atoms with Crippen LogP contribution in [-0.4, -0.2) is 22.1 Å². The van der Waals surface area contributed by atoms with E-state index in [1.54, 1.807) is 6.33 Å². The summed E-state index contributed by atoms with van der Waals surface area (Å²) in [6.45, 7) is 3.04. The third kappa shape index (κ3) is 3.20. The number of aromatic nitrogens is 2. The summed E-state index contributed by atoms with van der Waals surface area (Å²) >= 11 is 0. The number of nitrogens with one attached hydrogen (secondary N) is 1. The predicted octanol–water partition coefficient (Wildman–Crippen LogP) is 3.07. The Labute approximate surface area is 127 Å². The van der Waals surface area contributed by atoms with Gasteiger partial charge in [-0.25, -0.2) is 9.97 Å². The Balaban J connectivity index is 1.83. The third-order valence-corrected chi connectivity index (χ3v) is 5.38. The molecule has 0 atom stereocenters. The van der Waals surface area contributed by atoms with E-state index in [2.05, 4.69) is 22.2 Å². The molecule has 0 aromatic carbocycles. The summed E-state index contributed by atoms with van der Waals surface area (Å²) in [6.07, 6.45) is 12.6. The number of fused-ring (bicyclic) bond motifs is 1. The van der Waals surface area contributed by atoms with Crippen LogP contribution in [0, 0.1) is 5.92 Å². The van der Waals surface area contributed by atoms with Crippen molar-refractivity contribution in [2.24, 2.45) is 11.7 Å². The van der Waals surface area contributed by atoms with E-state index in [-0.39, 0.29) is 5.54 Å². The van der Waals surface area contributed by atoms with E-state index in [0.717, 1.165) is 37.4 Å². The molecule has 1 heterocycles. The molecule has 1 fully saturated rings. The summed E-state index contributed by atoms with van der Waals surface area (Å²) in [5.41, 5.74) is 8.77. The van der Waals surface area contributed by atoms with Gasteiger partial charge >= 0.3 is 0 Å². The van der Waals surface area contributed by atoms with Gasteiger partial charge in [-0.2, -0.15) is 0 Å². The van der Waals surface area contributed by atoms with Crippen LogP contribution in [0.5, 0.6) is 0 Å². The zero-order valence-corrected chi connectivity index (χ0v) is 13.2. The Morgan fingerprint density at radius 2 is 1.95 bits per heavy atom. The molecule has 116 valence electrons. The van der Waals surface area contributed by atoms with Gasteiger partial charge in [0.15, 0.2) is 0 Å². The van der Waals surface area contributed by atoms with Gasteiger partial charge in [0.25, 0.3) is 0 Å². The number of rotatable bonds is 3. The van der Waals surface area contributed by atoms with Gasteiger partial charge < -0.3 is 11.1 Å². The zero-order chi connectivity index (χ0) is 14.7. The van der Waals surface area contributed by atoms with Crippen molar-refractivity contribution in [1.29, 1.82) is 0 Å². The maximum absolute atomic E-state index is 6.13. The van der Waals surface area contributed by atoms with Gasteiger partial charge in [0.05, 0.1) is 5.54 Å². The van der Waals surface area contributed by atoms with Crippen LogP contribution in [-0.2, 0) is 12.8 Å². The molecule has 0 unspecified atom stereocenters. The van der Waals surface area contributed by atoms with Gasteiger partial charge in [-0.15, -0.1) is 0 Å². The van der Waals surface area contributed by atoms with Crippen LogP contribution >= 0.6 is 0 Å². The van der Waals surface area contributed by atoms with Gasteiger partial charge in [0, 0.05) is 17.8 Å². The van der Waals surface area contributed by atoms with Gasteiger partial charge in [-0.3, -0.25) is 0 Å². The second-order valence-electron chi connectivity index (χ2n) is 7.00. The predicted molar refractivity (Wildman–Crippen MR) is 86.3 cm³/mol. The van der Waals surface area contributed by atoms with Crippen molar-refractivity contribution in [2.45, 2.75) is 70.3 Å². The highest BCUT2D eigenvalue weighted by molar-refractivity contribution is 5.49. The van der Waals surface area contributed by atoms with Gasteiger partial charge in [-0.1, -0.05) is 13.3 Å². The van der Waals surface area contributed by atoms with E-state index in [1.807, 2.05) is 0 Å². The number of anilines is 1. The summed E-state index contributed by atoms with van der Waals surface area (Å²) in [6, 6.07) is 0. The van der Waals surface area contributed by atoms with E-state index < -0.39 is 0 Å². The van der Waals surface area contributed by atoms with Crippen LogP contribution in [0.4, 0.5) is 5.82 Å². The lowest BCUT2D eigenvalue weighted by molar-refractivity contribution is 0.271. The smallest absolute Gasteiger partial charge is 0.133 e. The van der Waals surface area contributed by atoms with Crippen LogP contribution in [0.2, 0.25) is 0 Å². The van der Waals surface area contributed by atoms with Crippen molar-refractivity contribution in [1.82, 2.24) is 9.97 Å². The molecule has 0 bridgehead atoms. The summed E-state index contributed by atoms with van der Waals surface area (Å²) < 4.78 is 0. The fraction of sp³-hybridized carbons (Fsp3) is 0.765. The number of nitrogens with zero attached hydrogens (tertiary/aromatic N) is 2. The third-order valence-electron chi connectivity index (χ3n) is 5.38. The number of aryl methyl sites for hydroxylation is 1. The lowest BCUT2D eigenvalue weighted by Gasteiger charge is -2.40. The maximum atomic E-state index is 6.13. The largest absolute Gasteiger partial charge is 0.363 e. The number of hydrogen-bond acceptors (Lipinski definition) is 4. The topological polar surface area (TPSA) is 63.8 Å². The Hall–Kier alpha value is -1.16. The summed E-state index contributed by atoms with van der Waals surface area (Å²) in [5.74, 6) is 1.89. The van der Waals surface area contributed by atoms with Crippen LogP contribution in [0.15, 0.2) is 6.33 Å². The fourth-order valence-electron chi connectivity index (χ4n) is 3.75. The molecule has 1 aromatic rings. The maximum Gasteiger partial charge on any atom is 0.133 e. The summed E-state index contributed by atoms with van der Waals surface area (Å²) in [4.78, 5) is 9.07. The van der Waals surface area contributed by atoms with Gasteiger partial charge in [-0.05, 0) is 57.3 Å². The van der Waals surface area contributed by atoms with Gasteiger partial charge in [0.2, 0.25) is 0 Å². The van der Waals surface area contributed by atoms with Crippen molar-refractivity contribution in [3.05, 3.63) is 17.6 Å². The fourth-order valence-corrected chi connectivity index (χ4v) is 3.75. The van der Waals surface area contributed by atoms with Crippen LogP contribution in [0.1, 0.15) is 63.1 Å². The van der Waals surface area contributed by atoms with E-state index in [0.29, 0.717) is 6.54 Å². The van der Waals surface area contributed by atoms with Crippen LogP contribution < -0.4 is 11.1 Å². The highest BCUT2D eigenvalue weighted by Crippen LogP contribution is 2.35. The molecular formula is C17H28N4. The molecule has 0 radical (unpaired) electrons. The van der Waals surface area contributed by atoms with Crippen molar-refractivity contribution >= 4 is 5.82 Å². The van der Waals surface area contributed by atoms with Crippen molar-refractivity contribution in [3.63, 3.8) is 0 Å². The molecule has 1 aromatic heterocycles. The lowest BCUT2D eigenvalue weighted by atomic mass is 9.77. The lowest BCUT2D eigenvalue weighted by Crippen LogP contribution is -2.48. The second kappa shape index (κ2) is 6.30. The molecule has 2 aliphatic rings. The normalized spacial score (nSPS) is 29.5. The minimum absolute atomic E-state index is 0.0426. The first-order valence-corrected chi connectivity index (χ1v) is 8.53. The SMILES string of the molecule is CC1CCC(CN)(Nc2ncnc3c2CCCCC3)CC1. The van der Waals surface area contributed by atoms with Crippen LogP contribution in [0.3, 0.4) is 0 Å². The first-order valence-electron chi connectivity index (χ1n) is 8.53. The monoisotopic (exact) mass is 288 g/mol. The van der Waals surface area contributed by atoms with Gasteiger partial charge in [0.1, 0.15) is 12.1 Å². The molecule has 2 aliphatic carbocycles. The molecule has 4 heteroatoms.